The van der Waals surface area contributed by atoms with Crippen molar-refractivity contribution >= 4 is 12.6 Å². The summed E-state index contributed by atoms with van der Waals surface area (Å²) in [5.74, 6) is 0. The Hall–Kier alpha value is -0.885. The Kier molecular flexibility index (Phi) is 3.64. The molecule has 0 unspecified atom stereocenters. The van der Waals surface area contributed by atoms with Gasteiger partial charge in [0.05, 0.1) is 24.4 Å². The molecule has 3 heterocycles. The fraction of sp³-hybridized carbons (Fsp3) is 0.786. The second kappa shape index (κ2) is 5.09. The van der Waals surface area contributed by atoms with Gasteiger partial charge < -0.3 is 18.8 Å². The number of hydrogen-bond donors (Lipinski definition) is 0. The molecule has 0 bridgehead atoms. The van der Waals surface area contributed by atoms with Crippen LogP contribution in [0.4, 0.5) is 0 Å². The normalized spacial score (nSPS) is 31.0. The SMILES string of the molecule is CO[C@H]1COC[C@@H]1n1cc(B2OC(C)(C)C(C)(C)O2)cn1. The molecule has 0 amide bonds. The van der Waals surface area contributed by atoms with Crippen molar-refractivity contribution in [2.75, 3.05) is 20.3 Å². The molecular formula is C14H23BN2O4. The quantitative estimate of drug-likeness (QED) is 0.771. The topological polar surface area (TPSA) is 54.7 Å². The number of nitrogens with zero attached hydrogens (tertiary/aromatic N) is 2. The summed E-state index contributed by atoms with van der Waals surface area (Å²) in [5.41, 5.74) is 0.242. The zero-order valence-electron chi connectivity index (χ0n) is 13.3. The zero-order chi connectivity index (χ0) is 15.3. The molecule has 1 aromatic rings. The van der Waals surface area contributed by atoms with Gasteiger partial charge in [-0.1, -0.05) is 0 Å². The lowest BCUT2D eigenvalue weighted by molar-refractivity contribution is 0.00578. The van der Waals surface area contributed by atoms with E-state index in [0.29, 0.717) is 13.2 Å². The van der Waals surface area contributed by atoms with E-state index < -0.39 is 0 Å². The monoisotopic (exact) mass is 294 g/mol. The van der Waals surface area contributed by atoms with Crippen LogP contribution in [0.2, 0.25) is 0 Å². The molecule has 6 nitrogen and oxygen atoms in total. The minimum atomic E-state index is -0.382. The van der Waals surface area contributed by atoms with Crippen LogP contribution in [0.1, 0.15) is 33.7 Å². The average molecular weight is 294 g/mol. The molecule has 0 aromatic carbocycles. The van der Waals surface area contributed by atoms with E-state index in [1.54, 1.807) is 13.3 Å². The van der Waals surface area contributed by atoms with Gasteiger partial charge in [0.2, 0.25) is 0 Å². The number of methoxy groups -OCH3 is 1. The van der Waals surface area contributed by atoms with Gasteiger partial charge in [-0.25, -0.2) is 0 Å². The molecule has 21 heavy (non-hydrogen) atoms. The largest absolute Gasteiger partial charge is 0.498 e. The van der Waals surface area contributed by atoms with Gasteiger partial charge in [-0.15, -0.1) is 0 Å². The third-order valence-electron chi connectivity index (χ3n) is 4.79. The van der Waals surface area contributed by atoms with Crippen LogP contribution in [0, 0.1) is 0 Å². The first-order valence-corrected chi connectivity index (χ1v) is 7.34. The minimum Gasteiger partial charge on any atom is -0.399 e. The standard InChI is InChI=1S/C14H23BN2O4/c1-13(2)14(3,4)21-15(20-13)10-6-16-17(7-10)11-8-19-9-12(11)18-5/h6-7,11-12H,8-9H2,1-5H3/t11-,12-/m0/s1. The summed E-state index contributed by atoms with van der Waals surface area (Å²) in [6.07, 6.45) is 3.80. The van der Waals surface area contributed by atoms with Gasteiger partial charge in [-0.2, -0.15) is 5.10 Å². The van der Waals surface area contributed by atoms with E-state index in [9.17, 15) is 0 Å². The molecule has 2 aliphatic rings. The average Bonchev–Trinajstić information content (AvgIpc) is 3.08. The Morgan fingerprint density at radius 3 is 2.52 bits per heavy atom. The van der Waals surface area contributed by atoms with Crippen LogP contribution >= 0.6 is 0 Å². The molecule has 0 N–H and O–H groups in total. The van der Waals surface area contributed by atoms with Gasteiger partial charge in [0.15, 0.2) is 0 Å². The molecule has 116 valence electrons. The third-order valence-corrected chi connectivity index (χ3v) is 4.79. The first kappa shape index (κ1) is 15.0. The maximum atomic E-state index is 6.04. The highest BCUT2D eigenvalue weighted by Gasteiger charge is 2.52. The van der Waals surface area contributed by atoms with Crippen molar-refractivity contribution in [3.63, 3.8) is 0 Å². The van der Waals surface area contributed by atoms with Gasteiger partial charge in [-0.3, -0.25) is 4.68 Å². The molecule has 2 saturated heterocycles. The second-order valence-corrected chi connectivity index (χ2v) is 6.72. The first-order chi connectivity index (χ1) is 9.84. The number of rotatable bonds is 3. The van der Waals surface area contributed by atoms with Crippen LogP contribution in [0.15, 0.2) is 12.4 Å². The molecule has 2 atom stereocenters. The van der Waals surface area contributed by atoms with E-state index in [0.717, 1.165) is 5.46 Å². The molecular weight excluding hydrogens is 271 g/mol. The van der Waals surface area contributed by atoms with Crippen LogP contribution in [-0.2, 0) is 18.8 Å². The van der Waals surface area contributed by atoms with Gasteiger partial charge >= 0.3 is 7.12 Å². The highest BCUT2D eigenvalue weighted by Crippen LogP contribution is 2.36. The van der Waals surface area contributed by atoms with Crippen LogP contribution in [0.5, 0.6) is 0 Å². The summed E-state index contributed by atoms with van der Waals surface area (Å²) >= 11 is 0. The van der Waals surface area contributed by atoms with E-state index in [2.05, 4.69) is 5.10 Å². The first-order valence-electron chi connectivity index (χ1n) is 7.34. The van der Waals surface area contributed by atoms with Gasteiger partial charge in [0, 0.05) is 25.0 Å². The van der Waals surface area contributed by atoms with Crippen LogP contribution in [-0.4, -0.2) is 54.5 Å². The van der Waals surface area contributed by atoms with Crippen molar-refractivity contribution in [1.82, 2.24) is 9.78 Å². The maximum Gasteiger partial charge on any atom is 0.498 e. The van der Waals surface area contributed by atoms with Gasteiger partial charge in [0.1, 0.15) is 12.1 Å². The summed E-state index contributed by atoms with van der Waals surface area (Å²) < 4.78 is 24.9. The van der Waals surface area contributed by atoms with E-state index >= 15 is 0 Å². The van der Waals surface area contributed by atoms with Crippen molar-refractivity contribution < 1.29 is 18.8 Å². The third kappa shape index (κ3) is 2.52. The number of aromatic nitrogens is 2. The van der Waals surface area contributed by atoms with Crippen molar-refractivity contribution in [2.24, 2.45) is 0 Å². The minimum absolute atomic E-state index is 0.0380. The Balaban J connectivity index is 1.77. The Morgan fingerprint density at radius 2 is 1.90 bits per heavy atom. The fourth-order valence-electron chi connectivity index (χ4n) is 2.63. The van der Waals surface area contributed by atoms with E-state index in [4.69, 9.17) is 18.8 Å². The van der Waals surface area contributed by atoms with Crippen molar-refractivity contribution in [2.45, 2.75) is 51.0 Å². The Labute approximate surface area is 125 Å². The van der Waals surface area contributed by atoms with Crippen molar-refractivity contribution in [3.8, 4) is 0 Å². The lowest BCUT2D eigenvalue weighted by Crippen LogP contribution is -2.41. The molecule has 0 aliphatic carbocycles. The van der Waals surface area contributed by atoms with Gasteiger partial charge in [0.25, 0.3) is 0 Å². The molecule has 0 radical (unpaired) electrons. The molecule has 1 aromatic heterocycles. The van der Waals surface area contributed by atoms with Crippen LogP contribution < -0.4 is 5.46 Å². The number of hydrogen-bond acceptors (Lipinski definition) is 5. The van der Waals surface area contributed by atoms with Crippen molar-refractivity contribution in [1.29, 1.82) is 0 Å². The van der Waals surface area contributed by atoms with E-state index in [-0.39, 0.29) is 30.5 Å². The van der Waals surface area contributed by atoms with Gasteiger partial charge in [-0.05, 0) is 27.7 Å². The van der Waals surface area contributed by atoms with Crippen LogP contribution in [0.25, 0.3) is 0 Å². The van der Waals surface area contributed by atoms with E-state index in [1.165, 1.54) is 0 Å². The summed E-state index contributed by atoms with van der Waals surface area (Å²) in [6, 6.07) is 0.103. The summed E-state index contributed by atoms with van der Waals surface area (Å²) in [4.78, 5) is 0. The fourth-order valence-corrected chi connectivity index (χ4v) is 2.63. The lowest BCUT2D eigenvalue weighted by atomic mass is 9.82. The Bertz CT molecular complexity index is 501. The summed E-state index contributed by atoms with van der Waals surface area (Å²) in [5, 5.41) is 4.43. The van der Waals surface area contributed by atoms with Crippen molar-refractivity contribution in [3.05, 3.63) is 12.4 Å². The second-order valence-electron chi connectivity index (χ2n) is 6.72. The summed E-state index contributed by atoms with van der Waals surface area (Å²) in [6.45, 7) is 9.40. The number of ether oxygens (including phenoxy) is 2. The highest BCUT2D eigenvalue weighted by atomic mass is 16.7. The lowest BCUT2D eigenvalue weighted by Gasteiger charge is -2.32. The van der Waals surface area contributed by atoms with Crippen LogP contribution in [0.3, 0.4) is 0 Å². The van der Waals surface area contributed by atoms with E-state index in [1.807, 2.05) is 38.6 Å². The molecule has 3 rings (SSSR count). The molecule has 7 heteroatoms. The summed E-state index contributed by atoms with van der Waals surface area (Å²) in [7, 11) is 1.32. The smallest absolute Gasteiger partial charge is 0.399 e. The molecule has 0 saturated carbocycles. The highest BCUT2D eigenvalue weighted by molar-refractivity contribution is 6.61. The molecule has 0 spiro atoms. The molecule has 2 aliphatic heterocycles. The predicted octanol–water partition coefficient (Wildman–Crippen LogP) is 0.769. The molecule has 2 fully saturated rings. The predicted molar refractivity (Wildman–Crippen MR) is 78.6 cm³/mol. The Morgan fingerprint density at radius 1 is 1.24 bits per heavy atom. The maximum absolute atomic E-state index is 6.04. The zero-order valence-corrected chi connectivity index (χ0v) is 13.3.